The molecule has 0 fully saturated rings. The van der Waals surface area contributed by atoms with Gasteiger partial charge in [0.1, 0.15) is 5.75 Å². The molecule has 0 saturated heterocycles. The highest BCUT2D eigenvalue weighted by Gasteiger charge is 2.25. The van der Waals surface area contributed by atoms with E-state index in [0.717, 1.165) is 10.8 Å². The molecule has 0 aromatic heterocycles. The zero-order valence-corrected chi connectivity index (χ0v) is 12.8. The van der Waals surface area contributed by atoms with E-state index in [9.17, 15) is 9.90 Å². The Hall–Kier alpha value is -2.65. The van der Waals surface area contributed by atoms with Gasteiger partial charge in [-0.2, -0.15) is 0 Å². The summed E-state index contributed by atoms with van der Waals surface area (Å²) in [5.74, 6) is -0.589. The largest absolute Gasteiger partial charge is 0.426 e. The van der Waals surface area contributed by atoms with Gasteiger partial charge >= 0.3 is 5.97 Å². The van der Waals surface area contributed by atoms with E-state index in [1.54, 1.807) is 25.1 Å². The predicted molar refractivity (Wildman–Crippen MR) is 90.1 cm³/mol. The maximum atomic E-state index is 12.4. The standard InChI is InChI=1S/C20H18O3/c1-14(19(21)16-9-3-2-4-10-16)20(22)23-18-13-7-11-15-8-5-6-12-17(15)18/h2-14,19,21H,1H3/t14-,19+/m0/s1. The van der Waals surface area contributed by atoms with Gasteiger partial charge in [0, 0.05) is 5.39 Å². The molecule has 3 aromatic rings. The molecule has 0 unspecified atom stereocenters. The summed E-state index contributed by atoms with van der Waals surface area (Å²) in [5.41, 5.74) is 0.704. The van der Waals surface area contributed by atoms with Gasteiger partial charge in [0.15, 0.2) is 0 Å². The second-order valence-corrected chi connectivity index (χ2v) is 5.54. The molecule has 3 heteroatoms. The molecule has 0 amide bonds. The minimum Gasteiger partial charge on any atom is -0.426 e. The first-order chi connectivity index (χ1) is 11.2. The average molecular weight is 306 g/mol. The zero-order valence-electron chi connectivity index (χ0n) is 12.8. The Kier molecular flexibility index (Phi) is 4.40. The topological polar surface area (TPSA) is 46.5 Å². The molecule has 0 radical (unpaired) electrons. The number of aliphatic hydroxyl groups excluding tert-OH is 1. The van der Waals surface area contributed by atoms with Crippen LogP contribution in [0.3, 0.4) is 0 Å². The van der Waals surface area contributed by atoms with E-state index in [4.69, 9.17) is 4.74 Å². The highest BCUT2D eigenvalue weighted by Crippen LogP contribution is 2.28. The lowest BCUT2D eigenvalue weighted by atomic mass is 9.97. The van der Waals surface area contributed by atoms with Gasteiger partial charge in [-0.15, -0.1) is 0 Å². The highest BCUT2D eigenvalue weighted by atomic mass is 16.5. The Morgan fingerprint density at radius 1 is 0.913 bits per heavy atom. The van der Waals surface area contributed by atoms with Crippen LogP contribution in [0.4, 0.5) is 0 Å². The normalized spacial score (nSPS) is 13.5. The van der Waals surface area contributed by atoms with Crippen LogP contribution in [0, 0.1) is 5.92 Å². The van der Waals surface area contributed by atoms with Gasteiger partial charge in [-0.3, -0.25) is 4.79 Å². The van der Waals surface area contributed by atoms with Crippen LogP contribution in [0.25, 0.3) is 10.8 Å². The van der Waals surface area contributed by atoms with Crippen molar-refractivity contribution in [3.05, 3.63) is 78.4 Å². The van der Waals surface area contributed by atoms with E-state index in [1.807, 2.05) is 54.6 Å². The first-order valence-corrected chi connectivity index (χ1v) is 7.59. The molecule has 23 heavy (non-hydrogen) atoms. The van der Waals surface area contributed by atoms with Crippen molar-refractivity contribution in [3.8, 4) is 5.75 Å². The Balaban J connectivity index is 1.80. The van der Waals surface area contributed by atoms with Crippen molar-refractivity contribution in [1.82, 2.24) is 0 Å². The summed E-state index contributed by atoms with van der Waals surface area (Å²) in [6, 6.07) is 22.4. The number of benzene rings is 3. The number of carbonyl (C=O) groups is 1. The SMILES string of the molecule is C[C@H](C(=O)Oc1cccc2ccccc12)[C@@H](O)c1ccccc1. The van der Waals surface area contributed by atoms with Gasteiger partial charge in [0.25, 0.3) is 0 Å². The van der Waals surface area contributed by atoms with Crippen molar-refractivity contribution in [3.63, 3.8) is 0 Å². The number of ether oxygens (including phenoxy) is 1. The van der Waals surface area contributed by atoms with Crippen molar-refractivity contribution in [2.24, 2.45) is 5.92 Å². The molecule has 3 aromatic carbocycles. The number of carbonyl (C=O) groups excluding carboxylic acids is 1. The molecule has 0 saturated carbocycles. The lowest BCUT2D eigenvalue weighted by molar-refractivity contribution is -0.142. The highest BCUT2D eigenvalue weighted by molar-refractivity contribution is 5.90. The predicted octanol–water partition coefficient (Wildman–Crippen LogP) is 4.11. The third-order valence-corrected chi connectivity index (χ3v) is 3.95. The Morgan fingerprint density at radius 3 is 2.35 bits per heavy atom. The van der Waals surface area contributed by atoms with E-state index in [0.29, 0.717) is 11.3 Å². The average Bonchev–Trinajstić information content (AvgIpc) is 2.61. The number of fused-ring (bicyclic) bond motifs is 1. The summed E-state index contributed by atoms with van der Waals surface area (Å²) < 4.78 is 5.53. The van der Waals surface area contributed by atoms with Crippen molar-refractivity contribution < 1.29 is 14.6 Å². The molecule has 2 atom stereocenters. The Bertz CT molecular complexity index is 806. The van der Waals surface area contributed by atoms with Crippen molar-refractivity contribution >= 4 is 16.7 Å². The molecule has 0 heterocycles. The Labute approximate surface area is 135 Å². The third-order valence-electron chi connectivity index (χ3n) is 3.95. The smallest absolute Gasteiger partial charge is 0.317 e. The number of rotatable bonds is 4. The summed E-state index contributed by atoms with van der Waals surface area (Å²) in [6.07, 6.45) is -0.890. The molecule has 0 bridgehead atoms. The molecule has 0 spiro atoms. The third kappa shape index (κ3) is 3.25. The number of esters is 1. The van der Waals surface area contributed by atoms with Gasteiger partial charge in [0.2, 0.25) is 0 Å². The number of hydrogen-bond donors (Lipinski definition) is 1. The van der Waals surface area contributed by atoms with Crippen LogP contribution in [0.5, 0.6) is 5.75 Å². The molecule has 3 nitrogen and oxygen atoms in total. The van der Waals surface area contributed by atoms with Crippen LogP contribution in [0.1, 0.15) is 18.6 Å². The number of hydrogen-bond acceptors (Lipinski definition) is 3. The zero-order chi connectivity index (χ0) is 16.2. The van der Waals surface area contributed by atoms with Gasteiger partial charge in [-0.1, -0.05) is 66.7 Å². The molecular formula is C20H18O3. The first-order valence-electron chi connectivity index (χ1n) is 7.59. The molecule has 0 aliphatic carbocycles. The van der Waals surface area contributed by atoms with Crippen molar-refractivity contribution in [2.75, 3.05) is 0 Å². The lowest BCUT2D eigenvalue weighted by Crippen LogP contribution is -2.24. The minimum absolute atomic E-state index is 0.447. The van der Waals surface area contributed by atoms with Gasteiger partial charge < -0.3 is 9.84 Å². The Morgan fingerprint density at radius 2 is 1.57 bits per heavy atom. The second-order valence-electron chi connectivity index (χ2n) is 5.54. The fourth-order valence-corrected chi connectivity index (χ4v) is 2.55. The fourth-order valence-electron chi connectivity index (χ4n) is 2.55. The molecule has 1 N–H and O–H groups in total. The molecule has 3 rings (SSSR count). The second kappa shape index (κ2) is 6.63. The van der Waals surface area contributed by atoms with Crippen LogP contribution in [0.15, 0.2) is 72.8 Å². The van der Waals surface area contributed by atoms with Crippen molar-refractivity contribution in [1.29, 1.82) is 0 Å². The van der Waals surface area contributed by atoms with Crippen LogP contribution in [0.2, 0.25) is 0 Å². The van der Waals surface area contributed by atoms with Crippen LogP contribution in [-0.2, 0) is 4.79 Å². The van der Waals surface area contributed by atoms with Crippen LogP contribution >= 0.6 is 0 Å². The molecular weight excluding hydrogens is 288 g/mol. The van der Waals surface area contributed by atoms with Gasteiger partial charge in [-0.05, 0) is 23.9 Å². The summed E-state index contributed by atoms with van der Waals surface area (Å²) in [7, 11) is 0. The molecule has 0 aliphatic heterocycles. The first kappa shape index (κ1) is 15.3. The minimum atomic E-state index is -0.890. The van der Waals surface area contributed by atoms with Crippen LogP contribution < -0.4 is 4.74 Å². The van der Waals surface area contributed by atoms with Gasteiger partial charge in [-0.25, -0.2) is 0 Å². The number of aliphatic hydroxyl groups is 1. The summed E-state index contributed by atoms with van der Waals surface area (Å²) in [5, 5.41) is 12.2. The van der Waals surface area contributed by atoms with Gasteiger partial charge in [0.05, 0.1) is 12.0 Å². The van der Waals surface area contributed by atoms with E-state index < -0.39 is 18.0 Å². The summed E-state index contributed by atoms with van der Waals surface area (Å²) >= 11 is 0. The molecule has 116 valence electrons. The summed E-state index contributed by atoms with van der Waals surface area (Å²) in [6.45, 7) is 1.67. The maximum Gasteiger partial charge on any atom is 0.317 e. The monoisotopic (exact) mass is 306 g/mol. The van der Waals surface area contributed by atoms with Crippen LogP contribution in [-0.4, -0.2) is 11.1 Å². The fraction of sp³-hybridized carbons (Fsp3) is 0.150. The molecule has 0 aliphatic rings. The van der Waals surface area contributed by atoms with E-state index in [2.05, 4.69) is 0 Å². The quantitative estimate of drug-likeness (QED) is 0.583. The maximum absolute atomic E-state index is 12.4. The summed E-state index contributed by atoms with van der Waals surface area (Å²) in [4.78, 5) is 12.4. The van der Waals surface area contributed by atoms with E-state index in [1.165, 1.54) is 0 Å². The van der Waals surface area contributed by atoms with E-state index in [-0.39, 0.29) is 0 Å². The van der Waals surface area contributed by atoms with Crippen molar-refractivity contribution in [2.45, 2.75) is 13.0 Å². The van der Waals surface area contributed by atoms with E-state index >= 15 is 0 Å². The lowest BCUT2D eigenvalue weighted by Gasteiger charge is -2.18.